The Balaban J connectivity index is 1.14. The van der Waals surface area contributed by atoms with Crippen LogP contribution in [0.25, 0.3) is 0 Å². The number of carbonyl (C=O) groups excluding carboxylic acids is 1. The number of hydrogen-bond acceptors (Lipinski definition) is 11. The van der Waals surface area contributed by atoms with Crippen LogP contribution >= 0.6 is 22.7 Å². The largest absolute Gasteiger partial charge is 0.497 e. The summed E-state index contributed by atoms with van der Waals surface area (Å²) < 4.78 is 10.3. The average Bonchev–Trinajstić information content (AvgIpc) is 3.56. The Morgan fingerprint density at radius 2 is 1.34 bits per heavy atom. The van der Waals surface area contributed by atoms with Crippen molar-refractivity contribution in [3.8, 4) is 11.5 Å². The maximum absolute atomic E-state index is 12.3. The number of unbranched alkanes of at least 4 members (excludes halogenated alkanes) is 1. The molecule has 38 heavy (non-hydrogen) atoms. The fourth-order valence-corrected chi connectivity index (χ4v) is 5.27. The highest BCUT2D eigenvalue weighted by atomic mass is 32.1. The normalized spacial score (nSPS) is 11.7. The van der Waals surface area contributed by atoms with Gasteiger partial charge in [-0.05, 0) is 48.2 Å². The molecular formula is C26H30N6O4S2. The third-order valence-electron chi connectivity index (χ3n) is 5.61. The molecule has 1 unspecified atom stereocenters. The van der Waals surface area contributed by atoms with Crippen molar-refractivity contribution >= 4 is 38.8 Å². The predicted molar refractivity (Wildman–Crippen MR) is 148 cm³/mol. The van der Waals surface area contributed by atoms with E-state index < -0.39 is 6.23 Å². The Morgan fingerprint density at radius 3 is 1.92 bits per heavy atom. The van der Waals surface area contributed by atoms with Crippen molar-refractivity contribution in [3.05, 3.63) is 69.7 Å². The molecule has 0 radical (unpaired) electrons. The molecule has 4 aromatic rings. The fourth-order valence-electron chi connectivity index (χ4n) is 3.64. The predicted octanol–water partition coefficient (Wildman–Crippen LogP) is 4.13. The summed E-state index contributed by atoms with van der Waals surface area (Å²) >= 11 is 2.84. The molecule has 3 N–H and O–H groups in total. The number of carbonyl (C=O) groups is 1. The van der Waals surface area contributed by atoms with Crippen LogP contribution in [0.5, 0.6) is 11.5 Å². The van der Waals surface area contributed by atoms with Crippen LogP contribution in [0.3, 0.4) is 0 Å². The van der Waals surface area contributed by atoms with Crippen LogP contribution < -0.4 is 20.1 Å². The quantitative estimate of drug-likeness (QED) is 0.156. The molecular weight excluding hydrogens is 524 g/mol. The van der Waals surface area contributed by atoms with Gasteiger partial charge in [0.1, 0.15) is 27.7 Å². The number of amides is 1. The lowest BCUT2D eigenvalue weighted by Gasteiger charge is -2.11. The van der Waals surface area contributed by atoms with Gasteiger partial charge >= 0.3 is 0 Å². The molecule has 2 aromatic heterocycles. The number of aliphatic hydroxyl groups excluding tert-OH is 1. The van der Waals surface area contributed by atoms with Gasteiger partial charge in [-0.25, -0.2) is 0 Å². The second-order valence-electron chi connectivity index (χ2n) is 8.49. The minimum absolute atomic E-state index is 0.132. The van der Waals surface area contributed by atoms with Crippen LogP contribution in [-0.4, -0.2) is 51.9 Å². The highest BCUT2D eigenvalue weighted by Gasteiger charge is 2.12. The molecule has 2 heterocycles. The monoisotopic (exact) mass is 554 g/mol. The number of ether oxygens (including phenoxy) is 2. The topological polar surface area (TPSA) is 131 Å². The van der Waals surface area contributed by atoms with E-state index in [1.165, 1.54) is 22.7 Å². The molecule has 12 heteroatoms. The summed E-state index contributed by atoms with van der Waals surface area (Å²) in [6, 6.07) is 15.0. The van der Waals surface area contributed by atoms with Crippen molar-refractivity contribution < 1.29 is 19.4 Å². The third kappa shape index (κ3) is 8.47. The Morgan fingerprint density at radius 1 is 0.816 bits per heavy atom. The zero-order valence-electron chi connectivity index (χ0n) is 21.2. The lowest BCUT2D eigenvalue weighted by Crippen LogP contribution is -2.21. The van der Waals surface area contributed by atoms with Crippen LogP contribution in [0.2, 0.25) is 0 Å². The lowest BCUT2D eigenvalue weighted by molar-refractivity contribution is -0.115. The molecule has 2 aromatic carbocycles. The third-order valence-corrected chi connectivity index (χ3v) is 7.43. The summed E-state index contributed by atoms with van der Waals surface area (Å²) in [5, 5.41) is 35.7. The van der Waals surface area contributed by atoms with Gasteiger partial charge in [0.25, 0.3) is 0 Å². The minimum Gasteiger partial charge on any atom is -0.497 e. The highest BCUT2D eigenvalue weighted by Crippen LogP contribution is 2.21. The summed E-state index contributed by atoms with van der Waals surface area (Å²) in [6.07, 6.45) is 3.35. The SMILES string of the molecule is COc1ccc(CC(=O)Nc2nnc(CCCCc3nnc(NC(O)Cc4ccc(OC)cc4)s3)s2)cc1. The minimum atomic E-state index is -0.757. The number of methoxy groups -OCH3 is 2. The van der Waals surface area contributed by atoms with Gasteiger partial charge in [-0.3, -0.25) is 4.79 Å². The van der Waals surface area contributed by atoms with E-state index in [0.29, 0.717) is 16.7 Å². The number of aryl methyl sites for hydroxylation is 2. The first-order valence-corrected chi connectivity index (χ1v) is 13.8. The Kier molecular flexibility index (Phi) is 9.96. The molecule has 0 aliphatic rings. The van der Waals surface area contributed by atoms with Gasteiger partial charge < -0.3 is 25.2 Å². The van der Waals surface area contributed by atoms with Gasteiger partial charge in [-0.15, -0.1) is 20.4 Å². The molecule has 0 bridgehead atoms. The van der Waals surface area contributed by atoms with Crippen LogP contribution in [0.1, 0.15) is 34.0 Å². The molecule has 0 saturated heterocycles. The summed E-state index contributed by atoms with van der Waals surface area (Å²) in [6.45, 7) is 0. The second-order valence-corrected chi connectivity index (χ2v) is 10.6. The fraction of sp³-hybridized carbons (Fsp3) is 0.346. The first kappa shape index (κ1) is 27.4. The average molecular weight is 555 g/mol. The van der Waals surface area contributed by atoms with Crippen molar-refractivity contribution in [2.24, 2.45) is 0 Å². The van der Waals surface area contributed by atoms with Gasteiger partial charge in [-0.1, -0.05) is 46.9 Å². The van der Waals surface area contributed by atoms with Crippen molar-refractivity contribution in [2.75, 3.05) is 24.9 Å². The standard InChI is InChI=1S/C26H30N6O4S2/c1-35-19-11-7-17(8-12-19)15-21(33)27-25-31-29-23(37-25)5-3-4-6-24-30-32-26(38-24)28-22(34)16-18-9-13-20(36-2)14-10-18/h7-14,21,33H,3-6,15-16H2,1-2H3,(H,27,31)(H,28,32,34). The number of benzene rings is 2. The Hall–Kier alpha value is -3.61. The maximum atomic E-state index is 12.3. The number of aliphatic hydroxyl groups is 1. The smallest absolute Gasteiger partial charge is 0.230 e. The highest BCUT2D eigenvalue weighted by molar-refractivity contribution is 7.15. The van der Waals surface area contributed by atoms with E-state index in [1.807, 2.05) is 48.5 Å². The summed E-state index contributed by atoms with van der Waals surface area (Å²) in [5.74, 6) is 1.41. The van der Waals surface area contributed by atoms with Gasteiger partial charge in [0, 0.05) is 19.3 Å². The Labute approximate surface area is 229 Å². The zero-order valence-corrected chi connectivity index (χ0v) is 22.8. The van der Waals surface area contributed by atoms with Gasteiger partial charge in [0.05, 0.1) is 20.6 Å². The van der Waals surface area contributed by atoms with Crippen molar-refractivity contribution in [1.29, 1.82) is 0 Å². The van der Waals surface area contributed by atoms with Crippen LogP contribution in [0.4, 0.5) is 10.3 Å². The van der Waals surface area contributed by atoms with E-state index in [0.717, 1.165) is 58.3 Å². The summed E-state index contributed by atoms with van der Waals surface area (Å²) in [4.78, 5) is 12.3. The summed E-state index contributed by atoms with van der Waals surface area (Å²) in [5.41, 5.74) is 1.89. The first-order chi connectivity index (χ1) is 18.5. The molecule has 0 aliphatic heterocycles. The van der Waals surface area contributed by atoms with Gasteiger partial charge in [0.2, 0.25) is 16.2 Å². The summed E-state index contributed by atoms with van der Waals surface area (Å²) in [7, 11) is 3.23. The Bertz CT molecular complexity index is 1290. The molecule has 1 amide bonds. The molecule has 0 aliphatic carbocycles. The van der Waals surface area contributed by atoms with E-state index in [-0.39, 0.29) is 12.3 Å². The molecule has 10 nitrogen and oxygen atoms in total. The van der Waals surface area contributed by atoms with Crippen LogP contribution in [0, 0.1) is 0 Å². The van der Waals surface area contributed by atoms with Gasteiger partial charge in [-0.2, -0.15) is 0 Å². The van der Waals surface area contributed by atoms with Crippen molar-refractivity contribution in [3.63, 3.8) is 0 Å². The van der Waals surface area contributed by atoms with Crippen LogP contribution in [0.15, 0.2) is 48.5 Å². The molecule has 4 rings (SSSR count). The van der Waals surface area contributed by atoms with Crippen LogP contribution in [-0.2, 0) is 30.5 Å². The van der Waals surface area contributed by atoms with E-state index in [2.05, 4.69) is 31.0 Å². The molecule has 200 valence electrons. The number of aromatic nitrogens is 4. The number of anilines is 2. The van der Waals surface area contributed by atoms with Gasteiger partial charge in [0.15, 0.2) is 0 Å². The number of nitrogens with one attached hydrogen (secondary N) is 2. The zero-order chi connectivity index (χ0) is 26.7. The van der Waals surface area contributed by atoms with Crippen molar-refractivity contribution in [2.45, 2.75) is 44.8 Å². The molecule has 1 atom stereocenters. The van der Waals surface area contributed by atoms with Crippen molar-refractivity contribution in [1.82, 2.24) is 20.4 Å². The molecule has 0 spiro atoms. The lowest BCUT2D eigenvalue weighted by atomic mass is 10.1. The van der Waals surface area contributed by atoms with E-state index in [9.17, 15) is 9.90 Å². The molecule has 0 fully saturated rings. The number of hydrogen-bond donors (Lipinski definition) is 3. The van der Waals surface area contributed by atoms with E-state index in [1.54, 1.807) is 14.2 Å². The maximum Gasteiger partial charge on any atom is 0.230 e. The number of rotatable bonds is 14. The second kappa shape index (κ2) is 13.8. The van der Waals surface area contributed by atoms with E-state index in [4.69, 9.17) is 9.47 Å². The first-order valence-electron chi connectivity index (χ1n) is 12.2. The van der Waals surface area contributed by atoms with E-state index >= 15 is 0 Å². The number of nitrogens with zero attached hydrogens (tertiary/aromatic N) is 4. The molecule has 0 saturated carbocycles.